The van der Waals surface area contributed by atoms with Crippen LogP contribution in [0.3, 0.4) is 0 Å². The number of ether oxygens (including phenoxy) is 1. The van der Waals surface area contributed by atoms with Gasteiger partial charge in [0.15, 0.2) is 4.91 Å². The number of aliphatic carboxylic acids is 1. The fourth-order valence-electron chi connectivity index (χ4n) is 1.15. The molecule has 0 rings (SSSR count). The van der Waals surface area contributed by atoms with Crippen LogP contribution >= 0.6 is 0 Å². The first-order valence-corrected chi connectivity index (χ1v) is 6.41. The molecule has 2 N–H and O–H groups in total. The van der Waals surface area contributed by atoms with E-state index in [1.54, 1.807) is 6.92 Å². The Kier molecular flexibility index (Phi) is 10.1. The molecule has 0 saturated heterocycles. The van der Waals surface area contributed by atoms with E-state index in [1.165, 1.54) is 6.08 Å². The Morgan fingerprint density at radius 2 is 1.89 bits per heavy atom. The van der Waals surface area contributed by atoms with Crippen LogP contribution in [0, 0.1) is 0 Å². The van der Waals surface area contributed by atoms with Gasteiger partial charge < -0.3 is 9.84 Å². The van der Waals surface area contributed by atoms with Gasteiger partial charge in [0.25, 0.3) is 0 Å². The van der Waals surface area contributed by atoms with E-state index in [0.29, 0.717) is 0 Å². The van der Waals surface area contributed by atoms with Gasteiger partial charge in [-0.2, -0.15) is 8.42 Å². The Hall–Kier alpha value is -0.670. The van der Waals surface area contributed by atoms with E-state index in [0.717, 1.165) is 0 Å². The van der Waals surface area contributed by atoms with Crippen molar-refractivity contribution in [1.82, 2.24) is 0 Å². The summed E-state index contributed by atoms with van der Waals surface area (Å²) in [5.41, 5.74) is -0.700. The van der Waals surface area contributed by atoms with Crippen LogP contribution < -0.4 is 0 Å². The van der Waals surface area contributed by atoms with Gasteiger partial charge >= 0.3 is 51.6 Å². The van der Waals surface area contributed by atoms with Crippen molar-refractivity contribution in [2.75, 3.05) is 6.61 Å². The average Bonchev–Trinajstić information content (AvgIpc) is 2.23. The predicted molar refractivity (Wildman–Crippen MR) is 69.4 cm³/mol. The predicted octanol–water partition coefficient (Wildman–Crippen LogP) is 0.0937. The number of carbonyl (C=O) groups is 2. The molecule has 0 spiro atoms. The van der Waals surface area contributed by atoms with E-state index in [-0.39, 0.29) is 49.0 Å². The number of esters is 1. The second kappa shape index (κ2) is 9.27. The fourth-order valence-corrected chi connectivity index (χ4v) is 1.92. The molecule has 0 aliphatic carbocycles. The van der Waals surface area contributed by atoms with E-state index in [9.17, 15) is 18.0 Å². The summed E-state index contributed by atoms with van der Waals surface area (Å²) < 4.78 is 35.5. The van der Waals surface area contributed by atoms with Gasteiger partial charge in [0.2, 0.25) is 0 Å². The van der Waals surface area contributed by atoms with Crippen molar-refractivity contribution in [3.63, 3.8) is 0 Å². The van der Waals surface area contributed by atoms with Crippen molar-refractivity contribution < 1.29 is 32.4 Å². The molecule has 0 aliphatic rings. The van der Waals surface area contributed by atoms with Crippen molar-refractivity contribution in [1.29, 1.82) is 0 Å². The number of hydrogen-bond acceptors (Lipinski definition) is 5. The second-order valence-corrected chi connectivity index (χ2v) is 4.58. The third kappa shape index (κ3) is 6.88. The first kappa shape index (κ1) is 20.6. The van der Waals surface area contributed by atoms with Gasteiger partial charge in [-0.25, -0.2) is 9.59 Å². The van der Waals surface area contributed by atoms with Crippen LogP contribution in [0.2, 0.25) is 0 Å². The van der Waals surface area contributed by atoms with E-state index in [2.05, 4.69) is 11.3 Å². The number of hydrogen-bond donors (Lipinski definition) is 2. The fraction of sp³-hybridized carbons (Fsp3) is 0.400. The molecule has 0 radical (unpaired) electrons. The molecule has 104 valence electrons. The summed E-state index contributed by atoms with van der Waals surface area (Å²) in [5.74, 6) is -3.01. The van der Waals surface area contributed by atoms with Crippen molar-refractivity contribution in [3.8, 4) is 0 Å². The van der Waals surface area contributed by atoms with Crippen molar-refractivity contribution in [2.45, 2.75) is 19.8 Å². The summed E-state index contributed by atoms with van der Waals surface area (Å²) in [6.45, 7) is 4.55. The summed E-state index contributed by atoms with van der Waals surface area (Å²) in [6, 6.07) is 0. The molecule has 0 bridgehead atoms. The van der Waals surface area contributed by atoms with Crippen LogP contribution in [0.25, 0.3) is 0 Å². The van der Waals surface area contributed by atoms with Gasteiger partial charge in [-0.05, 0) is 6.42 Å². The second-order valence-electron chi connectivity index (χ2n) is 3.23. The average molecular weight is 302 g/mol. The summed E-state index contributed by atoms with van der Waals surface area (Å²) in [4.78, 5) is 21.1. The molecule has 0 aliphatic heterocycles. The van der Waals surface area contributed by atoms with Gasteiger partial charge in [0, 0.05) is 0 Å². The topological polar surface area (TPSA) is 118 Å². The van der Waals surface area contributed by atoms with E-state index >= 15 is 0 Å². The van der Waals surface area contributed by atoms with Crippen LogP contribution in [-0.4, -0.2) is 66.2 Å². The summed E-state index contributed by atoms with van der Waals surface area (Å²) in [5, 5.41) is 8.85. The van der Waals surface area contributed by atoms with E-state index in [4.69, 9.17) is 9.66 Å². The van der Waals surface area contributed by atoms with Gasteiger partial charge in [-0.15, -0.1) is 0 Å². The number of carboxylic acid groups (broad SMARTS) is 1. The first-order chi connectivity index (χ1) is 8.25. The van der Waals surface area contributed by atoms with Gasteiger partial charge in [-0.1, -0.05) is 26.0 Å². The molecule has 0 aromatic carbocycles. The molecular formula is C10H15NaO7S. The third-order valence-corrected chi connectivity index (χ3v) is 2.74. The quantitative estimate of drug-likeness (QED) is 0.225. The van der Waals surface area contributed by atoms with Crippen molar-refractivity contribution in [2.24, 2.45) is 0 Å². The summed E-state index contributed by atoms with van der Waals surface area (Å²) in [6.07, 6.45) is 1.28. The molecule has 19 heavy (non-hydrogen) atoms. The molecule has 0 amide bonds. The molecule has 9 heteroatoms. The molecule has 0 fully saturated rings. The van der Waals surface area contributed by atoms with Crippen LogP contribution in [0.5, 0.6) is 0 Å². The number of rotatable bonds is 7. The Morgan fingerprint density at radius 3 is 2.21 bits per heavy atom. The van der Waals surface area contributed by atoms with Crippen molar-refractivity contribution >= 4 is 51.6 Å². The maximum absolute atomic E-state index is 11.4. The SMILES string of the molecule is C=CCOC(=O)/C(=C(/CCC)C(=O)O)S(=O)(=O)O.[NaH]. The zero-order chi connectivity index (χ0) is 14.3. The third-order valence-electron chi connectivity index (χ3n) is 1.81. The molecule has 0 saturated carbocycles. The maximum atomic E-state index is 11.4. The van der Waals surface area contributed by atoms with Crippen molar-refractivity contribution in [3.05, 3.63) is 23.1 Å². The Bertz CT molecular complexity index is 478. The van der Waals surface area contributed by atoms with Crippen LogP contribution in [0.15, 0.2) is 23.1 Å². The summed E-state index contributed by atoms with van der Waals surface area (Å²) in [7, 11) is -4.97. The van der Waals surface area contributed by atoms with Crippen LogP contribution in [0.1, 0.15) is 19.8 Å². The van der Waals surface area contributed by atoms with Gasteiger partial charge in [-0.3, -0.25) is 4.55 Å². The molecule has 0 unspecified atom stereocenters. The first-order valence-electron chi connectivity index (χ1n) is 4.97. The van der Waals surface area contributed by atoms with E-state index < -0.39 is 32.5 Å². The Morgan fingerprint density at radius 1 is 1.37 bits per heavy atom. The standard InChI is InChI=1S/C10H14O7S.Na.H/c1-3-5-7(9(11)12)8(18(14,15)16)10(13)17-6-4-2;;/h4H,2-3,5-6H2,1H3,(H,11,12)(H,14,15,16);;/b8-7+;;. The number of carboxylic acids is 1. The number of carbonyl (C=O) groups excluding carboxylic acids is 1. The van der Waals surface area contributed by atoms with E-state index in [1.807, 2.05) is 0 Å². The molecule has 0 aromatic heterocycles. The zero-order valence-electron chi connectivity index (χ0n) is 9.75. The molecule has 0 aromatic rings. The minimum atomic E-state index is -4.97. The molecular weight excluding hydrogens is 287 g/mol. The minimum absolute atomic E-state index is 0. The Balaban J connectivity index is 0. The monoisotopic (exact) mass is 302 g/mol. The van der Waals surface area contributed by atoms with Crippen LogP contribution in [0.4, 0.5) is 0 Å². The van der Waals surface area contributed by atoms with Crippen LogP contribution in [-0.2, 0) is 24.4 Å². The van der Waals surface area contributed by atoms with Gasteiger partial charge in [0.1, 0.15) is 6.61 Å². The summed E-state index contributed by atoms with van der Waals surface area (Å²) >= 11 is 0. The van der Waals surface area contributed by atoms with Gasteiger partial charge in [0.05, 0.1) is 5.57 Å². The zero-order valence-corrected chi connectivity index (χ0v) is 10.6. The molecule has 0 heterocycles. The molecule has 0 atom stereocenters. The molecule has 7 nitrogen and oxygen atoms in total. The Labute approximate surface area is 133 Å². The normalized spacial score (nSPS) is 11.9.